The van der Waals surface area contributed by atoms with E-state index in [1.807, 2.05) is 0 Å². The topological polar surface area (TPSA) is 45.8 Å². The molecule has 0 saturated heterocycles. The SMILES string of the molecule is CCCc1cnc(=O)[nH]c1Br. The number of aromatic amines is 1. The van der Waals surface area contributed by atoms with Crippen molar-refractivity contribution in [1.29, 1.82) is 0 Å². The first-order chi connectivity index (χ1) is 5.24. The van der Waals surface area contributed by atoms with Crippen molar-refractivity contribution in [2.45, 2.75) is 19.8 Å². The third-order valence-electron chi connectivity index (χ3n) is 1.36. The zero-order chi connectivity index (χ0) is 8.27. The van der Waals surface area contributed by atoms with Gasteiger partial charge in [0.15, 0.2) is 0 Å². The highest BCUT2D eigenvalue weighted by molar-refractivity contribution is 9.10. The van der Waals surface area contributed by atoms with E-state index in [9.17, 15) is 4.79 Å². The molecule has 0 aliphatic heterocycles. The number of aromatic nitrogens is 2. The second-order valence-corrected chi connectivity index (χ2v) is 3.07. The van der Waals surface area contributed by atoms with E-state index < -0.39 is 0 Å². The number of aryl methyl sites for hydroxylation is 1. The van der Waals surface area contributed by atoms with Gasteiger partial charge in [-0.05, 0) is 22.4 Å². The van der Waals surface area contributed by atoms with Crippen LogP contribution in [0.3, 0.4) is 0 Å². The van der Waals surface area contributed by atoms with Crippen molar-refractivity contribution < 1.29 is 0 Å². The first-order valence-electron chi connectivity index (χ1n) is 3.47. The molecule has 0 unspecified atom stereocenters. The molecule has 0 saturated carbocycles. The minimum atomic E-state index is -0.309. The maximum atomic E-state index is 10.7. The Labute approximate surface area is 73.0 Å². The van der Waals surface area contributed by atoms with Crippen LogP contribution in [0.4, 0.5) is 0 Å². The zero-order valence-corrected chi connectivity index (χ0v) is 7.81. The van der Waals surface area contributed by atoms with Crippen molar-refractivity contribution in [3.05, 3.63) is 26.8 Å². The van der Waals surface area contributed by atoms with Crippen LogP contribution in [0.15, 0.2) is 15.6 Å². The highest BCUT2D eigenvalue weighted by atomic mass is 79.9. The summed E-state index contributed by atoms with van der Waals surface area (Å²) in [6.45, 7) is 2.08. The van der Waals surface area contributed by atoms with Gasteiger partial charge in [-0.25, -0.2) is 9.78 Å². The van der Waals surface area contributed by atoms with Crippen molar-refractivity contribution in [2.75, 3.05) is 0 Å². The summed E-state index contributed by atoms with van der Waals surface area (Å²) < 4.78 is 0.749. The number of hydrogen-bond donors (Lipinski definition) is 1. The van der Waals surface area contributed by atoms with Crippen LogP contribution < -0.4 is 5.69 Å². The Morgan fingerprint density at radius 2 is 2.45 bits per heavy atom. The Hall–Kier alpha value is -0.640. The van der Waals surface area contributed by atoms with Crippen LogP contribution in [0.5, 0.6) is 0 Å². The van der Waals surface area contributed by atoms with E-state index in [-0.39, 0.29) is 5.69 Å². The average Bonchev–Trinajstić information content (AvgIpc) is 1.95. The molecule has 1 N–H and O–H groups in total. The monoisotopic (exact) mass is 216 g/mol. The molecule has 0 aliphatic carbocycles. The maximum absolute atomic E-state index is 10.7. The van der Waals surface area contributed by atoms with Gasteiger partial charge in [-0.15, -0.1) is 0 Å². The van der Waals surface area contributed by atoms with Gasteiger partial charge >= 0.3 is 5.69 Å². The van der Waals surface area contributed by atoms with Gasteiger partial charge in [-0.3, -0.25) is 4.98 Å². The van der Waals surface area contributed by atoms with Crippen LogP contribution in [0.25, 0.3) is 0 Å². The lowest BCUT2D eigenvalue weighted by molar-refractivity contribution is 0.879. The molecule has 1 heterocycles. The Balaban J connectivity index is 2.99. The summed E-state index contributed by atoms with van der Waals surface area (Å²) in [4.78, 5) is 16.8. The van der Waals surface area contributed by atoms with Crippen LogP contribution in [0.2, 0.25) is 0 Å². The summed E-state index contributed by atoms with van der Waals surface area (Å²) in [5.74, 6) is 0. The third-order valence-corrected chi connectivity index (χ3v) is 2.06. The molecular weight excluding hydrogens is 208 g/mol. The fourth-order valence-electron chi connectivity index (χ4n) is 0.843. The second kappa shape index (κ2) is 3.67. The Kier molecular flexibility index (Phi) is 2.82. The normalized spacial score (nSPS) is 10.0. The summed E-state index contributed by atoms with van der Waals surface area (Å²) in [6, 6.07) is 0. The van der Waals surface area contributed by atoms with Crippen LogP contribution >= 0.6 is 15.9 Å². The van der Waals surface area contributed by atoms with Crippen molar-refractivity contribution in [1.82, 2.24) is 9.97 Å². The minimum absolute atomic E-state index is 0.309. The predicted octanol–water partition coefficient (Wildman–Crippen LogP) is 1.48. The first-order valence-corrected chi connectivity index (χ1v) is 4.27. The van der Waals surface area contributed by atoms with E-state index in [4.69, 9.17) is 0 Å². The number of halogens is 1. The molecule has 0 spiro atoms. The molecule has 0 radical (unpaired) electrons. The van der Waals surface area contributed by atoms with E-state index in [0.29, 0.717) is 0 Å². The van der Waals surface area contributed by atoms with Crippen molar-refractivity contribution in [2.24, 2.45) is 0 Å². The van der Waals surface area contributed by atoms with Gasteiger partial charge in [-0.1, -0.05) is 13.3 Å². The number of H-pyrrole nitrogens is 1. The lowest BCUT2D eigenvalue weighted by Crippen LogP contribution is -2.10. The van der Waals surface area contributed by atoms with Gasteiger partial charge in [0.1, 0.15) is 0 Å². The smallest absolute Gasteiger partial charge is 0.300 e. The van der Waals surface area contributed by atoms with E-state index in [2.05, 4.69) is 32.8 Å². The molecule has 60 valence electrons. The van der Waals surface area contributed by atoms with E-state index in [1.165, 1.54) is 0 Å². The predicted molar refractivity (Wildman–Crippen MR) is 46.6 cm³/mol. The molecule has 1 aromatic heterocycles. The Morgan fingerprint density at radius 3 is 3.00 bits per heavy atom. The first kappa shape index (κ1) is 8.46. The Morgan fingerprint density at radius 1 is 1.73 bits per heavy atom. The number of nitrogens with zero attached hydrogens (tertiary/aromatic N) is 1. The van der Waals surface area contributed by atoms with Crippen molar-refractivity contribution in [3.63, 3.8) is 0 Å². The molecule has 4 heteroatoms. The molecule has 1 aromatic rings. The highest BCUT2D eigenvalue weighted by Crippen LogP contribution is 2.11. The number of rotatable bonds is 2. The molecular formula is C7H9BrN2O. The number of hydrogen-bond acceptors (Lipinski definition) is 2. The molecule has 0 fully saturated rings. The fraction of sp³-hybridized carbons (Fsp3) is 0.429. The summed E-state index contributed by atoms with van der Waals surface area (Å²) in [7, 11) is 0. The summed E-state index contributed by atoms with van der Waals surface area (Å²) in [6.07, 6.45) is 3.59. The van der Waals surface area contributed by atoms with Crippen molar-refractivity contribution >= 4 is 15.9 Å². The van der Waals surface area contributed by atoms with E-state index in [0.717, 1.165) is 23.0 Å². The molecule has 0 amide bonds. The lowest BCUT2D eigenvalue weighted by Gasteiger charge is -1.98. The lowest BCUT2D eigenvalue weighted by atomic mass is 10.2. The minimum Gasteiger partial charge on any atom is -0.300 e. The molecule has 3 nitrogen and oxygen atoms in total. The van der Waals surface area contributed by atoms with E-state index >= 15 is 0 Å². The quantitative estimate of drug-likeness (QED) is 0.762. The van der Waals surface area contributed by atoms with Crippen LogP contribution in [0, 0.1) is 0 Å². The Bertz CT molecular complexity index is 295. The van der Waals surface area contributed by atoms with Crippen LogP contribution in [-0.2, 0) is 6.42 Å². The number of nitrogens with one attached hydrogen (secondary N) is 1. The largest absolute Gasteiger partial charge is 0.345 e. The van der Waals surface area contributed by atoms with Gasteiger partial charge in [-0.2, -0.15) is 0 Å². The third kappa shape index (κ3) is 2.15. The van der Waals surface area contributed by atoms with Crippen molar-refractivity contribution in [3.8, 4) is 0 Å². The van der Waals surface area contributed by atoms with Gasteiger partial charge in [0.25, 0.3) is 0 Å². The summed E-state index contributed by atoms with van der Waals surface area (Å²) in [5.41, 5.74) is 0.740. The van der Waals surface area contributed by atoms with Gasteiger partial charge in [0, 0.05) is 11.8 Å². The molecule has 11 heavy (non-hydrogen) atoms. The van der Waals surface area contributed by atoms with E-state index in [1.54, 1.807) is 6.20 Å². The maximum Gasteiger partial charge on any atom is 0.345 e. The highest BCUT2D eigenvalue weighted by Gasteiger charge is 1.98. The second-order valence-electron chi connectivity index (χ2n) is 2.28. The standard InChI is InChI=1S/C7H9BrN2O/c1-2-3-5-4-9-7(11)10-6(5)8/h4H,2-3H2,1H3,(H,9,10,11). The molecule has 0 bridgehead atoms. The van der Waals surface area contributed by atoms with Crippen LogP contribution in [-0.4, -0.2) is 9.97 Å². The molecule has 0 aromatic carbocycles. The van der Waals surface area contributed by atoms with Gasteiger partial charge in [0.05, 0.1) is 4.60 Å². The average molecular weight is 217 g/mol. The summed E-state index contributed by atoms with van der Waals surface area (Å²) >= 11 is 3.25. The van der Waals surface area contributed by atoms with Gasteiger partial charge < -0.3 is 0 Å². The van der Waals surface area contributed by atoms with Gasteiger partial charge in [0.2, 0.25) is 0 Å². The molecule has 1 rings (SSSR count). The molecule has 0 aliphatic rings. The molecule has 0 atom stereocenters. The van der Waals surface area contributed by atoms with Crippen LogP contribution in [0.1, 0.15) is 18.9 Å². The summed E-state index contributed by atoms with van der Waals surface area (Å²) in [5, 5.41) is 0. The zero-order valence-electron chi connectivity index (χ0n) is 6.22. The fourth-order valence-corrected chi connectivity index (χ4v) is 1.31.